The summed E-state index contributed by atoms with van der Waals surface area (Å²) in [4.78, 5) is 17.2. The SMILES string of the molecule is COc1ccccc1[C@@H]1C[C@@H](c2ccc(Cl)cc2)Nc2nc(NC(=O)CCc3ccccc3)nn21. The lowest BCUT2D eigenvalue weighted by atomic mass is 9.93. The molecule has 0 unspecified atom stereocenters. The number of halogens is 1. The van der Waals surface area contributed by atoms with E-state index >= 15 is 0 Å². The van der Waals surface area contributed by atoms with E-state index in [1.807, 2.05) is 83.5 Å². The van der Waals surface area contributed by atoms with Crippen LogP contribution in [0.25, 0.3) is 0 Å². The fraction of sp³-hybridized carbons (Fsp3) is 0.222. The second-order valence-electron chi connectivity index (χ2n) is 8.48. The van der Waals surface area contributed by atoms with Gasteiger partial charge in [-0.1, -0.05) is 72.3 Å². The summed E-state index contributed by atoms with van der Waals surface area (Å²) in [5.74, 6) is 1.52. The Labute approximate surface area is 209 Å². The molecule has 0 radical (unpaired) electrons. The molecule has 178 valence electrons. The zero-order chi connectivity index (χ0) is 24.2. The molecule has 7 nitrogen and oxygen atoms in total. The number of aromatic nitrogens is 3. The molecule has 5 rings (SSSR count). The van der Waals surface area contributed by atoms with Gasteiger partial charge in [0.2, 0.25) is 11.9 Å². The molecule has 0 saturated heterocycles. The summed E-state index contributed by atoms with van der Waals surface area (Å²) >= 11 is 6.11. The average molecular weight is 488 g/mol. The van der Waals surface area contributed by atoms with Gasteiger partial charge in [-0.15, -0.1) is 5.10 Å². The minimum atomic E-state index is -0.134. The van der Waals surface area contributed by atoms with Gasteiger partial charge in [0.15, 0.2) is 0 Å². The molecule has 3 aromatic carbocycles. The number of fused-ring (bicyclic) bond motifs is 1. The summed E-state index contributed by atoms with van der Waals surface area (Å²) in [7, 11) is 1.66. The van der Waals surface area contributed by atoms with Crippen LogP contribution in [0.1, 0.15) is 41.6 Å². The number of benzene rings is 3. The summed E-state index contributed by atoms with van der Waals surface area (Å²) in [5.41, 5.74) is 3.21. The fourth-order valence-corrected chi connectivity index (χ4v) is 4.56. The molecule has 2 atom stereocenters. The van der Waals surface area contributed by atoms with E-state index in [1.54, 1.807) is 7.11 Å². The Hall–Kier alpha value is -3.84. The lowest BCUT2D eigenvalue weighted by molar-refractivity contribution is -0.116. The van der Waals surface area contributed by atoms with Gasteiger partial charge in [-0.05, 0) is 42.2 Å². The van der Waals surface area contributed by atoms with E-state index in [2.05, 4.69) is 20.7 Å². The van der Waals surface area contributed by atoms with E-state index < -0.39 is 0 Å². The van der Waals surface area contributed by atoms with Gasteiger partial charge in [0, 0.05) is 17.0 Å². The number of anilines is 2. The highest BCUT2D eigenvalue weighted by atomic mass is 35.5. The maximum Gasteiger partial charge on any atom is 0.250 e. The largest absolute Gasteiger partial charge is 0.496 e. The average Bonchev–Trinajstić information content (AvgIpc) is 3.30. The molecule has 2 heterocycles. The van der Waals surface area contributed by atoms with Crippen LogP contribution in [0.4, 0.5) is 11.9 Å². The molecular weight excluding hydrogens is 462 g/mol. The number of methoxy groups -OCH3 is 1. The number of carbonyl (C=O) groups excluding carboxylic acids is 1. The van der Waals surface area contributed by atoms with Gasteiger partial charge in [-0.3, -0.25) is 10.1 Å². The normalized spacial score (nSPS) is 16.7. The number of nitrogens with zero attached hydrogens (tertiary/aromatic N) is 3. The van der Waals surface area contributed by atoms with Gasteiger partial charge in [0.05, 0.1) is 19.2 Å². The van der Waals surface area contributed by atoms with Crippen LogP contribution in [0, 0.1) is 0 Å². The minimum Gasteiger partial charge on any atom is -0.496 e. The van der Waals surface area contributed by atoms with Crippen LogP contribution in [0.15, 0.2) is 78.9 Å². The molecule has 0 saturated carbocycles. The fourth-order valence-electron chi connectivity index (χ4n) is 4.43. The Morgan fingerprint density at radius 1 is 1.09 bits per heavy atom. The number of hydrogen-bond donors (Lipinski definition) is 2. The van der Waals surface area contributed by atoms with Crippen LogP contribution in [-0.4, -0.2) is 27.8 Å². The van der Waals surface area contributed by atoms with Crippen molar-refractivity contribution in [2.24, 2.45) is 0 Å². The minimum absolute atomic E-state index is 0.0134. The summed E-state index contributed by atoms with van der Waals surface area (Å²) in [6.07, 6.45) is 1.73. The Balaban J connectivity index is 1.41. The third-order valence-electron chi connectivity index (χ3n) is 6.19. The lowest BCUT2D eigenvalue weighted by Crippen LogP contribution is -2.28. The molecule has 0 spiro atoms. The molecule has 8 heteroatoms. The van der Waals surface area contributed by atoms with Crippen LogP contribution in [0.3, 0.4) is 0 Å². The Morgan fingerprint density at radius 3 is 2.60 bits per heavy atom. The first kappa shape index (κ1) is 22.9. The van der Waals surface area contributed by atoms with Crippen molar-refractivity contribution in [3.05, 3.63) is 101 Å². The zero-order valence-corrected chi connectivity index (χ0v) is 20.1. The monoisotopic (exact) mass is 487 g/mol. The van der Waals surface area contributed by atoms with Crippen molar-refractivity contribution >= 4 is 29.4 Å². The van der Waals surface area contributed by atoms with E-state index in [9.17, 15) is 4.79 Å². The first-order valence-electron chi connectivity index (χ1n) is 11.6. The first-order valence-corrected chi connectivity index (χ1v) is 11.9. The molecule has 0 bridgehead atoms. The highest BCUT2D eigenvalue weighted by Gasteiger charge is 2.33. The third-order valence-corrected chi connectivity index (χ3v) is 6.45. The lowest BCUT2D eigenvalue weighted by Gasteiger charge is -2.32. The van der Waals surface area contributed by atoms with E-state index in [-0.39, 0.29) is 23.9 Å². The predicted molar refractivity (Wildman–Crippen MR) is 137 cm³/mol. The van der Waals surface area contributed by atoms with Gasteiger partial charge in [-0.25, -0.2) is 4.68 Å². The molecule has 1 amide bonds. The number of nitrogens with one attached hydrogen (secondary N) is 2. The quantitative estimate of drug-likeness (QED) is 0.351. The number of carbonyl (C=O) groups is 1. The van der Waals surface area contributed by atoms with Gasteiger partial charge in [-0.2, -0.15) is 4.98 Å². The molecule has 0 aliphatic carbocycles. The smallest absolute Gasteiger partial charge is 0.250 e. The number of rotatable bonds is 7. The summed E-state index contributed by atoms with van der Waals surface area (Å²) < 4.78 is 7.48. The number of aryl methyl sites for hydroxylation is 1. The Bertz CT molecular complexity index is 1310. The van der Waals surface area contributed by atoms with Gasteiger partial charge >= 0.3 is 0 Å². The Morgan fingerprint density at radius 2 is 1.83 bits per heavy atom. The highest BCUT2D eigenvalue weighted by molar-refractivity contribution is 6.30. The van der Waals surface area contributed by atoms with Gasteiger partial charge < -0.3 is 10.1 Å². The van der Waals surface area contributed by atoms with Crippen molar-refractivity contribution in [2.75, 3.05) is 17.7 Å². The van der Waals surface area contributed by atoms with Gasteiger partial charge in [0.25, 0.3) is 5.95 Å². The van der Waals surface area contributed by atoms with Crippen molar-refractivity contribution in [1.82, 2.24) is 14.8 Å². The molecule has 4 aromatic rings. The standard InChI is InChI=1S/C27H26ClN5O2/c1-35-24-10-6-5-9-21(24)23-17-22(19-12-14-20(28)15-13-19)29-27-31-26(32-33(23)27)30-25(34)16-11-18-7-3-2-4-8-18/h2-10,12-15,22-23H,11,16-17H2,1H3,(H2,29,30,31,32,34)/t22-,23-/m0/s1. The maximum absolute atomic E-state index is 12.6. The van der Waals surface area contributed by atoms with Crippen LogP contribution < -0.4 is 15.4 Å². The maximum atomic E-state index is 12.6. The first-order chi connectivity index (χ1) is 17.1. The summed E-state index contributed by atoms with van der Waals surface area (Å²) in [5, 5.41) is 11.7. The van der Waals surface area contributed by atoms with E-state index in [0.717, 1.165) is 28.9 Å². The van der Waals surface area contributed by atoms with Crippen molar-refractivity contribution in [1.29, 1.82) is 0 Å². The number of amides is 1. The van der Waals surface area contributed by atoms with Crippen LogP contribution in [0.2, 0.25) is 5.02 Å². The van der Waals surface area contributed by atoms with Crippen molar-refractivity contribution in [3.63, 3.8) is 0 Å². The van der Waals surface area contributed by atoms with Crippen LogP contribution in [-0.2, 0) is 11.2 Å². The Kier molecular flexibility index (Phi) is 6.68. The van der Waals surface area contributed by atoms with Crippen molar-refractivity contribution in [3.8, 4) is 5.75 Å². The highest BCUT2D eigenvalue weighted by Crippen LogP contribution is 2.41. The van der Waals surface area contributed by atoms with Crippen LogP contribution >= 0.6 is 11.6 Å². The third kappa shape index (κ3) is 5.15. The van der Waals surface area contributed by atoms with E-state index in [1.165, 1.54) is 0 Å². The second kappa shape index (κ2) is 10.2. The van der Waals surface area contributed by atoms with Crippen molar-refractivity contribution in [2.45, 2.75) is 31.3 Å². The number of ether oxygens (including phenoxy) is 1. The summed E-state index contributed by atoms with van der Waals surface area (Å²) in [6.45, 7) is 0. The van der Waals surface area contributed by atoms with Crippen LogP contribution in [0.5, 0.6) is 5.75 Å². The topological polar surface area (TPSA) is 81.1 Å². The molecule has 1 aliphatic rings. The molecule has 35 heavy (non-hydrogen) atoms. The second-order valence-corrected chi connectivity index (χ2v) is 8.92. The molecule has 1 aromatic heterocycles. The number of hydrogen-bond acceptors (Lipinski definition) is 5. The molecular formula is C27H26ClN5O2. The zero-order valence-electron chi connectivity index (χ0n) is 19.3. The molecule has 2 N–H and O–H groups in total. The van der Waals surface area contributed by atoms with E-state index in [4.69, 9.17) is 16.3 Å². The molecule has 0 fully saturated rings. The molecule has 1 aliphatic heterocycles. The van der Waals surface area contributed by atoms with Crippen molar-refractivity contribution < 1.29 is 9.53 Å². The predicted octanol–water partition coefficient (Wildman–Crippen LogP) is 5.66. The summed E-state index contributed by atoms with van der Waals surface area (Å²) in [6, 6.07) is 25.5. The van der Waals surface area contributed by atoms with E-state index in [0.29, 0.717) is 23.8 Å². The van der Waals surface area contributed by atoms with Gasteiger partial charge in [0.1, 0.15) is 5.75 Å². The number of para-hydroxylation sites is 1.